The van der Waals surface area contributed by atoms with Crippen LogP contribution in [0.25, 0.3) is 11.0 Å². The lowest BCUT2D eigenvalue weighted by atomic mass is 9.95. The molecule has 0 saturated heterocycles. The Hall–Kier alpha value is -2.04. The fraction of sp³-hybridized carbons (Fsp3) is 0.333. The number of hydrogen-bond donors (Lipinski definition) is 1. The largest absolute Gasteiger partial charge is 0.346 e. The summed E-state index contributed by atoms with van der Waals surface area (Å²) in [5, 5.41) is 4.28. The van der Waals surface area contributed by atoms with Crippen molar-refractivity contribution in [1.82, 2.24) is 14.9 Å². The molecule has 3 aromatic rings. The maximum absolute atomic E-state index is 12.4. The first kappa shape index (κ1) is 19.7. The molecule has 142 valence electrons. The van der Waals surface area contributed by atoms with Crippen LogP contribution in [0.4, 0.5) is 0 Å². The smallest absolute Gasteiger partial charge is 0.225 e. The van der Waals surface area contributed by atoms with Gasteiger partial charge in [0.2, 0.25) is 5.91 Å². The Morgan fingerprint density at radius 1 is 1.19 bits per heavy atom. The lowest BCUT2D eigenvalue weighted by Crippen LogP contribution is -2.37. The SMILES string of the molecule is CC(NC(=O)C(C)(C)C)c1nc2ccccc2n1Cc1ccc(Cl)cc1Cl. The molecule has 0 bridgehead atoms. The van der Waals surface area contributed by atoms with Crippen molar-refractivity contribution in [3.8, 4) is 0 Å². The Bertz CT molecular complexity index is 989. The molecule has 0 aliphatic heterocycles. The number of benzene rings is 2. The van der Waals surface area contributed by atoms with E-state index in [-0.39, 0.29) is 11.9 Å². The molecular formula is C21H23Cl2N3O. The minimum atomic E-state index is -0.468. The Morgan fingerprint density at radius 2 is 1.89 bits per heavy atom. The Labute approximate surface area is 169 Å². The van der Waals surface area contributed by atoms with Crippen molar-refractivity contribution in [3.05, 3.63) is 63.9 Å². The first-order valence-electron chi connectivity index (χ1n) is 8.87. The molecule has 1 unspecified atom stereocenters. The van der Waals surface area contributed by atoms with Gasteiger partial charge in [0.05, 0.1) is 23.6 Å². The average Bonchev–Trinajstić information content (AvgIpc) is 2.95. The summed E-state index contributed by atoms with van der Waals surface area (Å²) in [6, 6.07) is 13.2. The Balaban J connectivity index is 2.02. The number of fused-ring (bicyclic) bond motifs is 1. The lowest BCUT2D eigenvalue weighted by molar-refractivity contribution is -0.129. The third kappa shape index (κ3) is 4.28. The zero-order valence-corrected chi connectivity index (χ0v) is 17.4. The maximum Gasteiger partial charge on any atom is 0.225 e. The van der Waals surface area contributed by atoms with Crippen LogP contribution in [0.5, 0.6) is 0 Å². The fourth-order valence-corrected chi connectivity index (χ4v) is 3.36. The van der Waals surface area contributed by atoms with Crippen molar-refractivity contribution >= 4 is 40.1 Å². The number of carbonyl (C=O) groups excluding carboxylic acids is 1. The summed E-state index contributed by atoms with van der Waals surface area (Å²) < 4.78 is 2.10. The van der Waals surface area contributed by atoms with Crippen LogP contribution in [0.3, 0.4) is 0 Å². The number of nitrogens with zero attached hydrogens (tertiary/aromatic N) is 2. The van der Waals surface area contributed by atoms with Crippen LogP contribution in [0, 0.1) is 5.41 Å². The van der Waals surface area contributed by atoms with E-state index in [4.69, 9.17) is 28.2 Å². The van der Waals surface area contributed by atoms with E-state index in [1.54, 1.807) is 6.07 Å². The summed E-state index contributed by atoms with van der Waals surface area (Å²) in [6.07, 6.45) is 0. The highest BCUT2D eigenvalue weighted by Crippen LogP contribution is 2.27. The van der Waals surface area contributed by atoms with Gasteiger partial charge in [0, 0.05) is 15.5 Å². The van der Waals surface area contributed by atoms with Gasteiger partial charge in [-0.25, -0.2) is 4.98 Å². The van der Waals surface area contributed by atoms with E-state index >= 15 is 0 Å². The van der Waals surface area contributed by atoms with Gasteiger partial charge in [-0.2, -0.15) is 0 Å². The van der Waals surface area contributed by atoms with Crippen molar-refractivity contribution in [1.29, 1.82) is 0 Å². The third-order valence-corrected chi connectivity index (χ3v) is 5.03. The molecule has 0 radical (unpaired) electrons. The molecule has 0 fully saturated rings. The van der Waals surface area contributed by atoms with Gasteiger partial charge in [0.25, 0.3) is 0 Å². The van der Waals surface area contributed by atoms with Crippen LogP contribution in [0.15, 0.2) is 42.5 Å². The van der Waals surface area contributed by atoms with E-state index < -0.39 is 5.41 Å². The molecule has 27 heavy (non-hydrogen) atoms. The molecule has 1 heterocycles. The molecule has 0 aliphatic carbocycles. The summed E-state index contributed by atoms with van der Waals surface area (Å²) >= 11 is 12.4. The van der Waals surface area contributed by atoms with Gasteiger partial charge in [-0.3, -0.25) is 4.79 Å². The number of halogens is 2. The molecule has 6 heteroatoms. The molecule has 0 spiro atoms. The van der Waals surface area contributed by atoms with Gasteiger partial charge in [-0.1, -0.05) is 62.2 Å². The highest BCUT2D eigenvalue weighted by atomic mass is 35.5. The molecule has 0 saturated carbocycles. The van der Waals surface area contributed by atoms with Gasteiger partial charge in [0.15, 0.2) is 0 Å². The van der Waals surface area contributed by atoms with Crippen LogP contribution in [-0.2, 0) is 11.3 Å². The van der Waals surface area contributed by atoms with E-state index in [1.807, 2.05) is 64.1 Å². The van der Waals surface area contributed by atoms with Gasteiger partial charge in [-0.05, 0) is 36.8 Å². The maximum atomic E-state index is 12.4. The van der Waals surface area contributed by atoms with E-state index in [0.29, 0.717) is 16.6 Å². The molecular weight excluding hydrogens is 381 g/mol. The van der Waals surface area contributed by atoms with Crippen molar-refractivity contribution in [2.45, 2.75) is 40.3 Å². The number of nitrogens with one attached hydrogen (secondary N) is 1. The number of amides is 1. The number of imidazole rings is 1. The van der Waals surface area contributed by atoms with Crippen LogP contribution < -0.4 is 5.32 Å². The third-order valence-electron chi connectivity index (χ3n) is 4.44. The second-order valence-electron chi connectivity index (χ2n) is 7.73. The van der Waals surface area contributed by atoms with E-state index in [9.17, 15) is 4.79 Å². The second-order valence-corrected chi connectivity index (χ2v) is 8.57. The van der Waals surface area contributed by atoms with E-state index in [1.165, 1.54) is 0 Å². The highest BCUT2D eigenvalue weighted by Gasteiger charge is 2.25. The molecule has 0 aliphatic rings. The van der Waals surface area contributed by atoms with Crippen molar-refractivity contribution in [3.63, 3.8) is 0 Å². The molecule has 4 nitrogen and oxygen atoms in total. The van der Waals surface area contributed by atoms with Gasteiger partial charge in [-0.15, -0.1) is 0 Å². The second kappa shape index (κ2) is 7.53. The van der Waals surface area contributed by atoms with Crippen LogP contribution in [0.1, 0.15) is 45.1 Å². The lowest BCUT2D eigenvalue weighted by Gasteiger charge is -2.22. The summed E-state index contributed by atoms with van der Waals surface area (Å²) in [6.45, 7) is 8.18. The number of rotatable bonds is 4. The minimum absolute atomic E-state index is 0.0156. The number of aromatic nitrogens is 2. The van der Waals surface area contributed by atoms with E-state index in [0.717, 1.165) is 22.4 Å². The Kier molecular flexibility index (Phi) is 5.50. The van der Waals surface area contributed by atoms with Gasteiger partial charge in [0.1, 0.15) is 5.82 Å². The van der Waals surface area contributed by atoms with Crippen LogP contribution >= 0.6 is 23.2 Å². The molecule has 1 N–H and O–H groups in total. The standard InChI is InChI=1S/C21H23Cl2N3O/c1-13(24-20(27)21(2,3)4)19-25-17-7-5-6-8-18(17)26(19)12-14-9-10-15(22)11-16(14)23/h5-11,13H,12H2,1-4H3,(H,24,27). The average molecular weight is 404 g/mol. The van der Waals surface area contributed by atoms with Gasteiger partial charge < -0.3 is 9.88 Å². The van der Waals surface area contributed by atoms with E-state index in [2.05, 4.69) is 9.88 Å². The van der Waals surface area contributed by atoms with Crippen molar-refractivity contribution < 1.29 is 4.79 Å². The monoisotopic (exact) mass is 403 g/mol. The number of carbonyl (C=O) groups is 1. The number of hydrogen-bond acceptors (Lipinski definition) is 2. The molecule has 1 atom stereocenters. The normalized spacial score (nSPS) is 13.0. The van der Waals surface area contributed by atoms with Crippen LogP contribution in [-0.4, -0.2) is 15.5 Å². The zero-order chi connectivity index (χ0) is 19.8. The Morgan fingerprint density at radius 3 is 2.56 bits per heavy atom. The quantitative estimate of drug-likeness (QED) is 0.614. The molecule has 1 amide bonds. The molecule has 1 aromatic heterocycles. The molecule has 3 rings (SSSR count). The first-order chi connectivity index (χ1) is 12.7. The van der Waals surface area contributed by atoms with Crippen molar-refractivity contribution in [2.24, 2.45) is 5.41 Å². The molecule has 2 aromatic carbocycles. The van der Waals surface area contributed by atoms with Crippen LogP contribution in [0.2, 0.25) is 10.0 Å². The number of para-hydroxylation sites is 2. The first-order valence-corrected chi connectivity index (χ1v) is 9.62. The predicted octanol–water partition coefficient (Wildman–Crippen LogP) is 5.61. The van der Waals surface area contributed by atoms with Gasteiger partial charge >= 0.3 is 0 Å². The highest BCUT2D eigenvalue weighted by molar-refractivity contribution is 6.35. The fourth-order valence-electron chi connectivity index (χ4n) is 2.89. The minimum Gasteiger partial charge on any atom is -0.346 e. The topological polar surface area (TPSA) is 46.9 Å². The summed E-state index contributed by atoms with van der Waals surface area (Å²) in [5.74, 6) is 0.776. The summed E-state index contributed by atoms with van der Waals surface area (Å²) in [7, 11) is 0. The zero-order valence-electron chi connectivity index (χ0n) is 15.9. The summed E-state index contributed by atoms with van der Waals surface area (Å²) in [5.41, 5.74) is 2.36. The predicted molar refractivity (Wildman–Crippen MR) is 111 cm³/mol. The summed E-state index contributed by atoms with van der Waals surface area (Å²) in [4.78, 5) is 17.2. The van der Waals surface area contributed by atoms with Crippen molar-refractivity contribution in [2.75, 3.05) is 0 Å².